The number of rotatable bonds is 6. The van der Waals surface area contributed by atoms with Crippen LogP contribution in [0.2, 0.25) is 0 Å². The lowest BCUT2D eigenvalue weighted by atomic mass is 9.86. The molecule has 0 bridgehead atoms. The Morgan fingerprint density at radius 2 is 1.85 bits per heavy atom. The molecule has 6 nitrogen and oxygen atoms in total. The van der Waals surface area contributed by atoms with Crippen LogP contribution in [-0.2, 0) is 18.3 Å². The molecule has 0 spiro atoms. The Labute approximate surface area is 161 Å². The van der Waals surface area contributed by atoms with E-state index in [9.17, 15) is 0 Å². The van der Waals surface area contributed by atoms with Gasteiger partial charge in [0, 0.05) is 68.6 Å². The highest BCUT2D eigenvalue weighted by atomic mass is 16.5. The second kappa shape index (κ2) is 8.50. The van der Waals surface area contributed by atoms with E-state index in [4.69, 9.17) is 4.74 Å². The van der Waals surface area contributed by atoms with Crippen LogP contribution in [0.1, 0.15) is 37.7 Å². The third-order valence-corrected chi connectivity index (χ3v) is 6.08. The lowest BCUT2D eigenvalue weighted by Gasteiger charge is -2.48. The van der Waals surface area contributed by atoms with Gasteiger partial charge < -0.3 is 10.1 Å². The summed E-state index contributed by atoms with van der Waals surface area (Å²) in [4.78, 5) is 6.86. The molecule has 0 aromatic carbocycles. The molecule has 2 saturated heterocycles. The molecule has 0 saturated carbocycles. The first kappa shape index (κ1) is 18.6. The molecule has 2 fully saturated rings. The van der Waals surface area contributed by atoms with Crippen molar-refractivity contribution < 1.29 is 4.74 Å². The van der Waals surface area contributed by atoms with Gasteiger partial charge in [-0.3, -0.25) is 14.6 Å². The lowest BCUT2D eigenvalue weighted by molar-refractivity contribution is -0.0358. The van der Waals surface area contributed by atoms with Gasteiger partial charge in [-0.1, -0.05) is 6.42 Å². The zero-order chi connectivity index (χ0) is 18.5. The van der Waals surface area contributed by atoms with E-state index in [0.717, 1.165) is 50.4 Å². The fraction of sp³-hybridized carbons (Fsp3) is 0.619. The van der Waals surface area contributed by atoms with Crippen LogP contribution in [0.15, 0.2) is 30.7 Å². The molecule has 0 atom stereocenters. The van der Waals surface area contributed by atoms with Gasteiger partial charge in [0.05, 0.1) is 5.69 Å². The number of hydrogen-bond donors (Lipinski definition) is 1. The Hall–Kier alpha value is -1.76. The van der Waals surface area contributed by atoms with E-state index in [1.807, 2.05) is 36.3 Å². The van der Waals surface area contributed by atoms with Crippen molar-refractivity contribution in [2.24, 2.45) is 7.05 Å². The van der Waals surface area contributed by atoms with Gasteiger partial charge >= 0.3 is 0 Å². The summed E-state index contributed by atoms with van der Waals surface area (Å²) in [7, 11) is 1.99. The van der Waals surface area contributed by atoms with Crippen LogP contribution in [0.5, 0.6) is 0 Å². The standard InChI is InChI=1S/C21H31N5O/c1-25-16-19(20(24-25)18-5-9-22-10-6-18)15-23-17-21(7-13-27-14-8-21)26-11-3-2-4-12-26/h5-6,9-10,16,23H,2-4,7-8,11-15,17H2,1H3. The molecule has 2 aromatic heterocycles. The van der Waals surface area contributed by atoms with Gasteiger partial charge in [0.25, 0.3) is 0 Å². The van der Waals surface area contributed by atoms with Gasteiger partial charge in [0.15, 0.2) is 0 Å². The molecule has 2 aromatic rings. The predicted octanol–water partition coefficient (Wildman–Crippen LogP) is 2.61. The smallest absolute Gasteiger partial charge is 0.0969 e. The second-order valence-corrected chi connectivity index (χ2v) is 7.90. The predicted molar refractivity (Wildman–Crippen MR) is 106 cm³/mol. The molecular weight excluding hydrogens is 338 g/mol. The molecule has 0 aliphatic carbocycles. The average Bonchev–Trinajstić information content (AvgIpc) is 3.10. The third kappa shape index (κ3) is 4.23. The number of nitrogens with one attached hydrogen (secondary N) is 1. The van der Waals surface area contributed by atoms with Crippen LogP contribution in [0.4, 0.5) is 0 Å². The molecule has 146 valence electrons. The Morgan fingerprint density at radius 3 is 2.59 bits per heavy atom. The van der Waals surface area contributed by atoms with Crippen molar-refractivity contribution in [2.45, 2.75) is 44.2 Å². The van der Waals surface area contributed by atoms with Gasteiger partial charge in [-0.05, 0) is 50.9 Å². The molecule has 6 heteroatoms. The molecule has 0 radical (unpaired) electrons. The van der Waals surface area contributed by atoms with E-state index in [2.05, 4.69) is 26.5 Å². The summed E-state index contributed by atoms with van der Waals surface area (Å²) >= 11 is 0. The quantitative estimate of drug-likeness (QED) is 0.848. The molecule has 27 heavy (non-hydrogen) atoms. The summed E-state index contributed by atoms with van der Waals surface area (Å²) in [5.74, 6) is 0. The van der Waals surface area contributed by atoms with Crippen LogP contribution >= 0.6 is 0 Å². The first-order valence-corrected chi connectivity index (χ1v) is 10.2. The molecule has 0 amide bonds. The number of nitrogens with zero attached hydrogens (tertiary/aromatic N) is 4. The topological polar surface area (TPSA) is 55.2 Å². The average molecular weight is 370 g/mol. The van der Waals surface area contributed by atoms with Crippen molar-refractivity contribution in [2.75, 3.05) is 32.8 Å². The van der Waals surface area contributed by atoms with E-state index in [0.29, 0.717) is 0 Å². The monoisotopic (exact) mass is 369 g/mol. The molecule has 4 rings (SSSR count). The number of aromatic nitrogens is 3. The molecule has 2 aliphatic heterocycles. The van der Waals surface area contributed by atoms with Crippen molar-refractivity contribution >= 4 is 0 Å². The SMILES string of the molecule is Cn1cc(CNCC2(N3CCCCC3)CCOCC2)c(-c2ccncc2)n1. The van der Waals surface area contributed by atoms with Crippen molar-refractivity contribution in [3.05, 3.63) is 36.3 Å². The number of ether oxygens (including phenoxy) is 1. The summed E-state index contributed by atoms with van der Waals surface area (Å²) < 4.78 is 7.59. The van der Waals surface area contributed by atoms with Crippen LogP contribution in [0, 0.1) is 0 Å². The van der Waals surface area contributed by atoms with Crippen LogP contribution in [0.3, 0.4) is 0 Å². The van der Waals surface area contributed by atoms with Gasteiger partial charge in [-0.25, -0.2) is 0 Å². The zero-order valence-electron chi connectivity index (χ0n) is 16.4. The van der Waals surface area contributed by atoms with E-state index in [-0.39, 0.29) is 5.54 Å². The zero-order valence-corrected chi connectivity index (χ0v) is 16.4. The van der Waals surface area contributed by atoms with Gasteiger partial charge in [-0.2, -0.15) is 5.10 Å². The lowest BCUT2D eigenvalue weighted by Crippen LogP contribution is -2.59. The van der Waals surface area contributed by atoms with E-state index in [1.165, 1.54) is 37.9 Å². The Kier molecular flexibility index (Phi) is 5.86. The highest BCUT2D eigenvalue weighted by molar-refractivity contribution is 5.61. The fourth-order valence-corrected chi connectivity index (χ4v) is 4.57. The summed E-state index contributed by atoms with van der Waals surface area (Å²) in [6.07, 6.45) is 12.1. The van der Waals surface area contributed by atoms with Crippen molar-refractivity contribution in [3.63, 3.8) is 0 Å². The first-order valence-electron chi connectivity index (χ1n) is 10.2. The maximum atomic E-state index is 5.69. The molecular formula is C21H31N5O. The molecule has 4 heterocycles. The van der Waals surface area contributed by atoms with Crippen LogP contribution in [0.25, 0.3) is 11.3 Å². The van der Waals surface area contributed by atoms with E-state index in [1.54, 1.807) is 0 Å². The normalized spacial score (nSPS) is 20.6. The van der Waals surface area contributed by atoms with Crippen LogP contribution in [-0.4, -0.2) is 58.1 Å². The summed E-state index contributed by atoms with van der Waals surface area (Å²) in [6, 6.07) is 4.05. The third-order valence-electron chi connectivity index (χ3n) is 6.08. The Bertz CT molecular complexity index is 717. The van der Waals surface area contributed by atoms with Gasteiger partial charge in [0.2, 0.25) is 0 Å². The maximum absolute atomic E-state index is 5.69. The van der Waals surface area contributed by atoms with Gasteiger partial charge in [0.1, 0.15) is 0 Å². The first-order chi connectivity index (χ1) is 13.3. The number of piperidine rings is 1. The number of likely N-dealkylation sites (tertiary alicyclic amines) is 1. The van der Waals surface area contributed by atoms with Crippen molar-refractivity contribution in [1.82, 2.24) is 25.0 Å². The maximum Gasteiger partial charge on any atom is 0.0969 e. The number of pyridine rings is 1. The highest BCUT2D eigenvalue weighted by Gasteiger charge is 2.38. The van der Waals surface area contributed by atoms with Crippen molar-refractivity contribution in [1.29, 1.82) is 0 Å². The summed E-state index contributed by atoms with van der Waals surface area (Å²) in [6.45, 7) is 6.08. The van der Waals surface area contributed by atoms with Crippen molar-refractivity contribution in [3.8, 4) is 11.3 Å². The Balaban J connectivity index is 1.45. The largest absolute Gasteiger partial charge is 0.381 e. The number of hydrogen-bond acceptors (Lipinski definition) is 5. The minimum absolute atomic E-state index is 0.248. The molecule has 2 aliphatic rings. The fourth-order valence-electron chi connectivity index (χ4n) is 4.57. The second-order valence-electron chi connectivity index (χ2n) is 7.90. The van der Waals surface area contributed by atoms with E-state index >= 15 is 0 Å². The summed E-state index contributed by atoms with van der Waals surface area (Å²) in [5.41, 5.74) is 3.66. The van der Waals surface area contributed by atoms with Gasteiger partial charge in [-0.15, -0.1) is 0 Å². The minimum atomic E-state index is 0.248. The molecule has 1 N–H and O–H groups in total. The van der Waals surface area contributed by atoms with E-state index < -0.39 is 0 Å². The summed E-state index contributed by atoms with van der Waals surface area (Å²) in [5, 5.41) is 8.44. The Morgan fingerprint density at radius 1 is 1.11 bits per heavy atom. The minimum Gasteiger partial charge on any atom is -0.381 e. The highest BCUT2D eigenvalue weighted by Crippen LogP contribution is 2.30. The number of aryl methyl sites for hydroxylation is 1. The molecule has 0 unspecified atom stereocenters. The van der Waals surface area contributed by atoms with Crippen LogP contribution < -0.4 is 5.32 Å².